The highest BCUT2D eigenvalue weighted by Crippen LogP contribution is 2.32. The van der Waals surface area contributed by atoms with E-state index in [4.69, 9.17) is 0 Å². The largest absolute Gasteiger partial charge is 0.314 e. The van der Waals surface area contributed by atoms with Crippen LogP contribution in [0.2, 0.25) is 0 Å². The number of hydrogen-bond donors (Lipinski definition) is 1. The Balaban J connectivity index is 2.33. The molecule has 0 aromatic rings. The highest BCUT2D eigenvalue weighted by atomic mass is 14.9. The molecule has 1 rings (SSSR count). The second kappa shape index (κ2) is 6.52. The van der Waals surface area contributed by atoms with Crippen LogP contribution in [0.15, 0.2) is 0 Å². The van der Waals surface area contributed by atoms with E-state index in [1.807, 2.05) is 0 Å². The van der Waals surface area contributed by atoms with E-state index in [9.17, 15) is 0 Å². The minimum atomic E-state index is 0.720. The summed E-state index contributed by atoms with van der Waals surface area (Å²) in [5.41, 5.74) is 0. The Labute approximate surface area is 96.0 Å². The van der Waals surface area contributed by atoms with E-state index in [2.05, 4.69) is 33.0 Å². The minimum absolute atomic E-state index is 0.720. The molecule has 1 heteroatoms. The van der Waals surface area contributed by atoms with E-state index >= 15 is 0 Å². The number of hydrogen-bond acceptors (Lipinski definition) is 1. The monoisotopic (exact) mass is 211 g/mol. The Morgan fingerprint density at radius 3 is 2.67 bits per heavy atom. The van der Waals surface area contributed by atoms with Gasteiger partial charge in [-0.1, -0.05) is 46.5 Å². The molecule has 4 unspecified atom stereocenters. The molecule has 1 fully saturated rings. The van der Waals surface area contributed by atoms with Crippen LogP contribution in [0.4, 0.5) is 0 Å². The van der Waals surface area contributed by atoms with Crippen molar-refractivity contribution in [3.63, 3.8) is 0 Å². The maximum atomic E-state index is 3.58. The Morgan fingerprint density at radius 1 is 1.27 bits per heavy atom. The molecule has 1 aliphatic heterocycles. The summed E-state index contributed by atoms with van der Waals surface area (Å²) in [5, 5.41) is 3.58. The lowest BCUT2D eigenvalue weighted by atomic mass is 9.74. The molecule has 0 saturated carbocycles. The van der Waals surface area contributed by atoms with Crippen molar-refractivity contribution in [3.05, 3.63) is 0 Å². The van der Waals surface area contributed by atoms with Gasteiger partial charge in [0.1, 0.15) is 0 Å². The fraction of sp³-hybridized carbons (Fsp3) is 1.00. The molecule has 1 aliphatic rings. The summed E-state index contributed by atoms with van der Waals surface area (Å²) in [6.45, 7) is 10.8. The summed E-state index contributed by atoms with van der Waals surface area (Å²) in [4.78, 5) is 0. The van der Waals surface area contributed by atoms with Crippen LogP contribution in [0.3, 0.4) is 0 Å². The van der Waals surface area contributed by atoms with Crippen LogP contribution in [0.1, 0.15) is 59.8 Å². The number of nitrogens with one attached hydrogen (secondary N) is 1. The third-order valence-electron chi connectivity index (χ3n) is 4.40. The van der Waals surface area contributed by atoms with Crippen LogP contribution in [-0.2, 0) is 0 Å². The van der Waals surface area contributed by atoms with Gasteiger partial charge in [0.25, 0.3) is 0 Å². The molecule has 0 aromatic heterocycles. The first-order chi connectivity index (χ1) is 7.16. The zero-order chi connectivity index (χ0) is 11.3. The van der Waals surface area contributed by atoms with Crippen molar-refractivity contribution >= 4 is 0 Å². The summed E-state index contributed by atoms with van der Waals surface area (Å²) in [6, 6.07) is 0.720. The van der Waals surface area contributed by atoms with E-state index < -0.39 is 0 Å². The fourth-order valence-electron chi connectivity index (χ4n) is 3.03. The summed E-state index contributed by atoms with van der Waals surface area (Å²) in [6.07, 6.45) is 7.03. The van der Waals surface area contributed by atoms with Crippen molar-refractivity contribution in [2.24, 2.45) is 17.8 Å². The second-order valence-corrected chi connectivity index (χ2v) is 5.53. The van der Waals surface area contributed by atoms with Gasteiger partial charge in [-0.15, -0.1) is 0 Å². The van der Waals surface area contributed by atoms with E-state index in [0.29, 0.717) is 0 Å². The van der Waals surface area contributed by atoms with Crippen molar-refractivity contribution in [2.75, 3.05) is 6.54 Å². The lowest BCUT2D eigenvalue weighted by Crippen LogP contribution is -2.44. The first kappa shape index (κ1) is 13.0. The van der Waals surface area contributed by atoms with E-state index in [1.165, 1.54) is 38.6 Å². The van der Waals surface area contributed by atoms with Crippen LogP contribution >= 0.6 is 0 Å². The summed E-state index contributed by atoms with van der Waals surface area (Å²) < 4.78 is 0. The average molecular weight is 211 g/mol. The molecule has 0 amide bonds. The molecule has 0 radical (unpaired) electrons. The molecule has 0 spiro atoms. The highest BCUT2D eigenvalue weighted by molar-refractivity contribution is 4.84. The van der Waals surface area contributed by atoms with Gasteiger partial charge in [-0.2, -0.15) is 0 Å². The SMILES string of the molecule is CCCCCC(C)C1CCNC(C)C1C. The van der Waals surface area contributed by atoms with Gasteiger partial charge in [-0.05, 0) is 37.6 Å². The molecule has 4 atom stereocenters. The van der Waals surface area contributed by atoms with E-state index in [-0.39, 0.29) is 0 Å². The number of unbranched alkanes of at least 4 members (excludes halogenated alkanes) is 2. The van der Waals surface area contributed by atoms with E-state index in [1.54, 1.807) is 0 Å². The van der Waals surface area contributed by atoms with Gasteiger partial charge in [-0.3, -0.25) is 0 Å². The lowest BCUT2D eigenvalue weighted by Gasteiger charge is -2.38. The standard InChI is InChI=1S/C14H29N/c1-5-6-7-8-11(2)14-9-10-15-13(4)12(14)3/h11-15H,5-10H2,1-4H3. The third kappa shape index (κ3) is 3.79. The van der Waals surface area contributed by atoms with Crippen LogP contribution in [0.25, 0.3) is 0 Å². The van der Waals surface area contributed by atoms with Crippen LogP contribution in [0.5, 0.6) is 0 Å². The van der Waals surface area contributed by atoms with Gasteiger partial charge >= 0.3 is 0 Å². The lowest BCUT2D eigenvalue weighted by molar-refractivity contribution is 0.150. The molecule has 1 saturated heterocycles. The molecule has 15 heavy (non-hydrogen) atoms. The second-order valence-electron chi connectivity index (χ2n) is 5.53. The van der Waals surface area contributed by atoms with Gasteiger partial charge in [0.2, 0.25) is 0 Å². The molecule has 1 N–H and O–H groups in total. The van der Waals surface area contributed by atoms with Crippen molar-refractivity contribution in [1.82, 2.24) is 5.32 Å². The van der Waals surface area contributed by atoms with Gasteiger partial charge in [0, 0.05) is 6.04 Å². The van der Waals surface area contributed by atoms with Gasteiger partial charge in [0.15, 0.2) is 0 Å². The maximum absolute atomic E-state index is 3.58. The molecular formula is C14H29N. The van der Waals surface area contributed by atoms with Gasteiger partial charge in [-0.25, -0.2) is 0 Å². The van der Waals surface area contributed by atoms with Crippen LogP contribution < -0.4 is 5.32 Å². The Hall–Kier alpha value is -0.0400. The first-order valence-corrected chi connectivity index (χ1v) is 6.90. The summed E-state index contributed by atoms with van der Waals surface area (Å²) >= 11 is 0. The maximum Gasteiger partial charge on any atom is 0.00671 e. The number of piperidine rings is 1. The average Bonchev–Trinajstić information content (AvgIpc) is 2.22. The normalized spacial score (nSPS) is 34.0. The van der Waals surface area contributed by atoms with Crippen LogP contribution in [-0.4, -0.2) is 12.6 Å². The van der Waals surface area contributed by atoms with Crippen LogP contribution in [0, 0.1) is 17.8 Å². The molecule has 1 heterocycles. The zero-order valence-corrected chi connectivity index (χ0v) is 11.1. The van der Waals surface area contributed by atoms with Crippen molar-refractivity contribution in [3.8, 4) is 0 Å². The molecule has 90 valence electrons. The molecule has 1 nitrogen and oxygen atoms in total. The molecule has 0 aliphatic carbocycles. The summed E-state index contributed by atoms with van der Waals surface area (Å²) in [7, 11) is 0. The van der Waals surface area contributed by atoms with E-state index in [0.717, 1.165) is 23.8 Å². The minimum Gasteiger partial charge on any atom is -0.314 e. The molecular weight excluding hydrogens is 182 g/mol. The predicted octanol–water partition coefficient (Wildman–Crippen LogP) is 3.84. The van der Waals surface area contributed by atoms with Gasteiger partial charge < -0.3 is 5.32 Å². The van der Waals surface area contributed by atoms with Gasteiger partial charge in [0.05, 0.1) is 0 Å². The predicted molar refractivity (Wildman–Crippen MR) is 68.0 cm³/mol. The Morgan fingerprint density at radius 2 is 2.00 bits per heavy atom. The topological polar surface area (TPSA) is 12.0 Å². The first-order valence-electron chi connectivity index (χ1n) is 6.90. The third-order valence-corrected chi connectivity index (χ3v) is 4.40. The smallest absolute Gasteiger partial charge is 0.00671 e. The Kier molecular flexibility index (Phi) is 5.66. The van der Waals surface area contributed by atoms with Crippen molar-refractivity contribution < 1.29 is 0 Å². The Bertz CT molecular complexity index is 167. The van der Waals surface area contributed by atoms with Crippen molar-refractivity contribution in [2.45, 2.75) is 65.8 Å². The molecule has 0 bridgehead atoms. The number of rotatable bonds is 5. The molecule has 0 aromatic carbocycles. The zero-order valence-electron chi connectivity index (χ0n) is 11.1. The van der Waals surface area contributed by atoms with Crippen molar-refractivity contribution in [1.29, 1.82) is 0 Å². The summed E-state index contributed by atoms with van der Waals surface area (Å²) in [5.74, 6) is 2.74. The quantitative estimate of drug-likeness (QED) is 0.681. The highest BCUT2D eigenvalue weighted by Gasteiger charge is 2.30. The fourth-order valence-corrected chi connectivity index (χ4v) is 3.03.